The lowest BCUT2D eigenvalue weighted by molar-refractivity contribution is 0.947. The summed E-state index contributed by atoms with van der Waals surface area (Å²) in [4.78, 5) is 11.4. The molecule has 120 valence electrons. The van der Waals surface area contributed by atoms with E-state index in [2.05, 4.69) is 44.5 Å². The van der Waals surface area contributed by atoms with Crippen molar-refractivity contribution in [2.75, 3.05) is 16.8 Å². The van der Waals surface area contributed by atoms with Crippen LogP contribution in [0.1, 0.15) is 11.4 Å². The number of fused-ring (bicyclic) bond motifs is 1. The van der Waals surface area contributed by atoms with E-state index in [1.807, 2.05) is 37.3 Å². The Labute approximate surface area is 146 Å². The number of benzene rings is 2. The zero-order valence-electron chi connectivity index (χ0n) is 13.3. The molecule has 2 aromatic carbocycles. The van der Waals surface area contributed by atoms with Crippen molar-refractivity contribution in [1.29, 1.82) is 0 Å². The summed E-state index contributed by atoms with van der Waals surface area (Å²) in [5.74, 6) is 2.45. The average Bonchev–Trinajstić information content (AvgIpc) is 3.01. The number of halogens is 1. The van der Waals surface area contributed by atoms with E-state index >= 15 is 0 Å². The number of rotatable bonds is 3. The standard InChI is InChI=1S/C19H17ClN4/c1-13-21-18(23-16-8-6-15(20)7-9-16)12-19(22-13)24-11-10-14-4-2-3-5-17(14)24/h2-9,12H,10-11H2,1H3,(H,21,22,23). The second-order valence-electron chi connectivity index (χ2n) is 5.82. The molecule has 0 saturated heterocycles. The van der Waals surface area contributed by atoms with Crippen molar-refractivity contribution in [1.82, 2.24) is 9.97 Å². The summed E-state index contributed by atoms with van der Waals surface area (Å²) < 4.78 is 0. The van der Waals surface area contributed by atoms with Crippen LogP contribution in [0, 0.1) is 6.92 Å². The molecule has 0 radical (unpaired) electrons. The predicted molar refractivity (Wildman–Crippen MR) is 98.7 cm³/mol. The third kappa shape index (κ3) is 2.93. The Balaban J connectivity index is 1.66. The van der Waals surface area contributed by atoms with Gasteiger partial charge in [-0.25, -0.2) is 9.97 Å². The van der Waals surface area contributed by atoms with Crippen LogP contribution in [0.15, 0.2) is 54.6 Å². The van der Waals surface area contributed by atoms with Gasteiger partial charge in [0, 0.05) is 29.0 Å². The van der Waals surface area contributed by atoms with Gasteiger partial charge in [0.15, 0.2) is 0 Å². The highest BCUT2D eigenvalue weighted by Gasteiger charge is 2.21. The molecule has 0 fully saturated rings. The minimum atomic E-state index is 0.716. The highest BCUT2D eigenvalue weighted by molar-refractivity contribution is 6.30. The Morgan fingerprint density at radius 2 is 1.83 bits per heavy atom. The molecule has 0 amide bonds. The lowest BCUT2D eigenvalue weighted by Crippen LogP contribution is -2.16. The van der Waals surface area contributed by atoms with Gasteiger partial charge in [-0.3, -0.25) is 0 Å². The molecule has 1 N–H and O–H groups in total. The number of aryl methyl sites for hydroxylation is 1. The van der Waals surface area contributed by atoms with E-state index in [0.29, 0.717) is 5.02 Å². The van der Waals surface area contributed by atoms with Crippen molar-refractivity contribution < 1.29 is 0 Å². The van der Waals surface area contributed by atoms with Gasteiger partial charge in [0.1, 0.15) is 17.5 Å². The van der Waals surface area contributed by atoms with E-state index in [1.165, 1.54) is 11.3 Å². The van der Waals surface area contributed by atoms with Crippen LogP contribution in [0.5, 0.6) is 0 Å². The highest BCUT2D eigenvalue weighted by atomic mass is 35.5. The van der Waals surface area contributed by atoms with E-state index in [1.54, 1.807) is 0 Å². The minimum Gasteiger partial charge on any atom is -0.340 e. The molecule has 1 aliphatic rings. The molecule has 3 aromatic rings. The maximum atomic E-state index is 5.94. The maximum Gasteiger partial charge on any atom is 0.138 e. The summed E-state index contributed by atoms with van der Waals surface area (Å²) in [7, 11) is 0. The molecular formula is C19H17ClN4. The van der Waals surface area contributed by atoms with Gasteiger partial charge in [0.2, 0.25) is 0 Å². The summed E-state index contributed by atoms with van der Waals surface area (Å²) in [6.07, 6.45) is 1.04. The lowest BCUT2D eigenvalue weighted by atomic mass is 10.2. The SMILES string of the molecule is Cc1nc(Nc2ccc(Cl)cc2)cc(N2CCc3ccccc32)n1. The second kappa shape index (κ2) is 6.13. The van der Waals surface area contributed by atoms with Gasteiger partial charge < -0.3 is 10.2 Å². The van der Waals surface area contributed by atoms with Crippen LogP contribution >= 0.6 is 11.6 Å². The molecule has 4 nitrogen and oxygen atoms in total. The van der Waals surface area contributed by atoms with Crippen molar-refractivity contribution in [3.8, 4) is 0 Å². The van der Waals surface area contributed by atoms with E-state index < -0.39 is 0 Å². The van der Waals surface area contributed by atoms with Crippen LogP contribution in [-0.2, 0) is 6.42 Å². The quantitative estimate of drug-likeness (QED) is 0.740. The highest BCUT2D eigenvalue weighted by Crippen LogP contribution is 2.34. The number of nitrogens with zero attached hydrogens (tertiary/aromatic N) is 3. The third-order valence-electron chi connectivity index (χ3n) is 4.10. The normalized spacial score (nSPS) is 13.0. The topological polar surface area (TPSA) is 41.1 Å². The second-order valence-corrected chi connectivity index (χ2v) is 6.26. The Kier molecular flexibility index (Phi) is 3.82. The number of hydrogen-bond acceptors (Lipinski definition) is 4. The van der Waals surface area contributed by atoms with E-state index in [9.17, 15) is 0 Å². The molecule has 0 aliphatic carbocycles. The monoisotopic (exact) mass is 336 g/mol. The predicted octanol–water partition coefficient (Wildman–Crippen LogP) is 4.88. The molecule has 4 rings (SSSR count). The van der Waals surface area contributed by atoms with Crippen LogP contribution in [0.4, 0.5) is 23.0 Å². The average molecular weight is 337 g/mol. The largest absolute Gasteiger partial charge is 0.340 e. The van der Waals surface area contributed by atoms with Gasteiger partial charge in [0.05, 0.1) is 0 Å². The molecule has 1 aliphatic heterocycles. The molecule has 0 atom stereocenters. The summed E-state index contributed by atoms with van der Waals surface area (Å²) in [5, 5.41) is 4.04. The van der Waals surface area contributed by atoms with Crippen molar-refractivity contribution >= 4 is 34.6 Å². The summed E-state index contributed by atoms with van der Waals surface area (Å²) in [5.41, 5.74) is 3.54. The van der Waals surface area contributed by atoms with Crippen LogP contribution in [-0.4, -0.2) is 16.5 Å². The number of aromatic nitrogens is 2. The molecule has 0 bridgehead atoms. The number of anilines is 4. The lowest BCUT2D eigenvalue weighted by Gasteiger charge is -2.19. The molecule has 0 saturated carbocycles. The van der Waals surface area contributed by atoms with Crippen molar-refractivity contribution in [2.45, 2.75) is 13.3 Å². The van der Waals surface area contributed by atoms with Crippen molar-refractivity contribution in [3.05, 3.63) is 71.0 Å². The Morgan fingerprint density at radius 3 is 2.67 bits per heavy atom. The fraction of sp³-hybridized carbons (Fsp3) is 0.158. The maximum absolute atomic E-state index is 5.94. The van der Waals surface area contributed by atoms with Gasteiger partial charge in [0.25, 0.3) is 0 Å². The first-order chi connectivity index (χ1) is 11.7. The Morgan fingerprint density at radius 1 is 1.04 bits per heavy atom. The van der Waals surface area contributed by atoms with E-state index in [-0.39, 0.29) is 0 Å². The van der Waals surface area contributed by atoms with Gasteiger partial charge in [-0.1, -0.05) is 29.8 Å². The van der Waals surface area contributed by atoms with Gasteiger partial charge in [-0.15, -0.1) is 0 Å². The number of hydrogen-bond donors (Lipinski definition) is 1. The molecule has 2 heterocycles. The number of para-hydroxylation sites is 1. The molecule has 1 aromatic heterocycles. The number of nitrogens with one attached hydrogen (secondary N) is 1. The minimum absolute atomic E-state index is 0.716. The first-order valence-corrected chi connectivity index (χ1v) is 8.30. The molecular weight excluding hydrogens is 320 g/mol. The summed E-state index contributed by atoms with van der Waals surface area (Å²) in [6.45, 7) is 2.86. The van der Waals surface area contributed by atoms with Crippen LogP contribution in [0.3, 0.4) is 0 Å². The van der Waals surface area contributed by atoms with Crippen LogP contribution in [0.25, 0.3) is 0 Å². The zero-order valence-corrected chi connectivity index (χ0v) is 14.1. The molecule has 0 spiro atoms. The summed E-state index contributed by atoms with van der Waals surface area (Å²) >= 11 is 5.94. The fourth-order valence-corrected chi connectivity index (χ4v) is 3.14. The fourth-order valence-electron chi connectivity index (χ4n) is 3.01. The van der Waals surface area contributed by atoms with Crippen molar-refractivity contribution in [2.24, 2.45) is 0 Å². The smallest absolute Gasteiger partial charge is 0.138 e. The molecule has 0 unspecified atom stereocenters. The van der Waals surface area contributed by atoms with Crippen LogP contribution in [0.2, 0.25) is 5.02 Å². The summed E-state index contributed by atoms with van der Waals surface area (Å²) in [6, 6.07) is 18.0. The zero-order chi connectivity index (χ0) is 16.5. The van der Waals surface area contributed by atoms with E-state index in [0.717, 1.165) is 36.1 Å². The van der Waals surface area contributed by atoms with Gasteiger partial charge >= 0.3 is 0 Å². The van der Waals surface area contributed by atoms with Gasteiger partial charge in [-0.05, 0) is 49.2 Å². The Hall–Kier alpha value is -2.59. The van der Waals surface area contributed by atoms with Gasteiger partial charge in [-0.2, -0.15) is 0 Å². The van der Waals surface area contributed by atoms with Crippen molar-refractivity contribution in [3.63, 3.8) is 0 Å². The third-order valence-corrected chi connectivity index (χ3v) is 4.36. The first kappa shape index (κ1) is 15.0. The Bertz CT molecular complexity index is 877. The van der Waals surface area contributed by atoms with E-state index in [4.69, 9.17) is 11.6 Å². The first-order valence-electron chi connectivity index (χ1n) is 7.93. The molecule has 24 heavy (non-hydrogen) atoms. The van der Waals surface area contributed by atoms with Crippen LogP contribution < -0.4 is 10.2 Å². The molecule has 5 heteroatoms.